The average molecular weight is 347 g/mol. The highest BCUT2D eigenvalue weighted by molar-refractivity contribution is 9.10. The molecule has 0 fully saturated rings. The molecule has 1 nitrogen and oxygen atoms in total. The molecule has 2 aromatic carbocycles. The molecule has 0 aromatic heterocycles. The topological polar surface area (TPSA) is 12.0 Å². The highest BCUT2D eigenvalue weighted by Crippen LogP contribution is 2.25. The Balaban J connectivity index is 2.16. The molecule has 100 valence electrons. The smallest absolute Gasteiger partial charge is 0.137 e. The van der Waals surface area contributed by atoms with E-state index in [2.05, 4.69) is 21.2 Å². The third-order valence-corrected chi connectivity index (χ3v) is 3.71. The number of halogens is 4. The Morgan fingerprint density at radius 3 is 2.63 bits per heavy atom. The van der Waals surface area contributed by atoms with Gasteiger partial charge in [-0.15, -0.1) is 0 Å². The molecule has 0 saturated carbocycles. The fourth-order valence-electron chi connectivity index (χ4n) is 1.69. The first-order valence-corrected chi connectivity index (χ1v) is 6.78. The lowest BCUT2D eigenvalue weighted by Gasteiger charge is -2.11. The second-order valence-corrected chi connectivity index (χ2v) is 5.43. The molecule has 0 aliphatic carbocycles. The van der Waals surface area contributed by atoms with Gasteiger partial charge in [0.15, 0.2) is 0 Å². The van der Waals surface area contributed by atoms with Crippen molar-refractivity contribution in [1.29, 1.82) is 0 Å². The molecule has 0 aliphatic heterocycles. The van der Waals surface area contributed by atoms with Crippen LogP contribution < -0.4 is 5.32 Å². The Bertz CT molecular complexity index is 617. The first-order valence-electron chi connectivity index (χ1n) is 5.61. The fraction of sp³-hybridized carbons (Fsp3) is 0.143. The number of benzene rings is 2. The molecule has 0 spiro atoms. The quantitative estimate of drug-likeness (QED) is 0.795. The van der Waals surface area contributed by atoms with Crippen molar-refractivity contribution in [2.45, 2.75) is 13.5 Å². The van der Waals surface area contributed by atoms with Crippen LogP contribution in [0.4, 0.5) is 14.5 Å². The first kappa shape index (κ1) is 14.3. The standard InChI is InChI=1S/C14H11BrClF2N/c1-8-4-13(18)11(15)6-14(8)19-7-9-2-3-10(17)5-12(9)16/h2-6,19H,7H2,1H3. The zero-order valence-electron chi connectivity index (χ0n) is 10.1. The Hall–Kier alpha value is -1.13. The summed E-state index contributed by atoms with van der Waals surface area (Å²) in [5, 5.41) is 3.52. The van der Waals surface area contributed by atoms with Crippen LogP contribution in [0.15, 0.2) is 34.8 Å². The molecule has 0 amide bonds. The van der Waals surface area contributed by atoms with Crippen molar-refractivity contribution in [2.24, 2.45) is 0 Å². The summed E-state index contributed by atoms with van der Waals surface area (Å²) in [5.74, 6) is -0.669. The van der Waals surface area contributed by atoms with E-state index in [-0.39, 0.29) is 11.6 Å². The van der Waals surface area contributed by atoms with Crippen LogP contribution in [0.25, 0.3) is 0 Å². The summed E-state index contributed by atoms with van der Waals surface area (Å²) < 4.78 is 26.6. The Labute approximate surface area is 123 Å². The molecule has 2 rings (SSSR count). The van der Waals surface area contributed by atoms with Crippen molar-refractivity contribution in [1.82, 2.24) is 0 Å². The number of hydrogen-bond acceptors (Lipinski definition) is 1. The van der Waals surface area contributed by atoms with Gasteiger partial charge >= 0.3 is 0 Å². The van der Waals surface area contributed by atoms with Crippen LogP contribution in [0.3, 0.4) is 0 Å². The summed E-state index contributed by atoms with van der Waals surface area (Å²) in [6.45, 7) is 2.25. The minimum Gasteiger partial charge on any atom is -0.381 e. The minimum absolute atomic E-state index is 0.303. The predicted molar refractivity (Wildman–Crippen MR) is 77.6 cm³/mol. The van der Waals surface area contributed by atoms with Crippen molar-refractivity contribution in [3.63, 3.8) is 0 Å². The van der Waals surface area contributed by atoms with Gasteiger partial charge in [-0.05, 0) is 58.2 Å². The van der Waals surface area contributed by atoms with Crippen molar-refractivity contribution in [2.75, 3.05) is 5.32 Å². The summed E-state index contributed by atoms with van der Waals surface area (Å²) in [7, 11) is 0. The van der Waals surface area contributed by atoms with Crippen LogP contribution in [0.1, 0.15) is 11.1 Å². The van der Waals surface area contributed by atoms with Crippen LogP contribution in [0.2, 0.25) is 5.02 Å². The maximum atomic E-state index is 13.3. The summed E-state index contributed by atoms with van der Waals surface area (Å²) in [4.78, 5) is 0. The van der Waals surface area contributed by atoms with Gasteiger partial charge in [0.2, 0.25) is 0 Å². The van der Waals surface area contributed by atoms with E-state index in [4.69, 9.17) is 11.6 Å². The van der Waals surface area contributed by atoms with Crippen LogP contribution in [-0.2, 0) is 6.54 Å². The van der Waals surface area contributed by atoms with Crippen LogP contribution in [0.5, 0.6) is 0 Å². The van der Waals surface area contributed by atoms with Crippen LogP contribution in [0, 0.1) is 18.6 Å². The summed E-state index contributed by atoms with van der Waals surface area (Å²) in [6.07, 6.45) is 0. The van der Waals surface area contributed by atoms with E-state index in [0.29, 0.717) is 16.0 Å². The molecule has 5 heteroatoms. The van der Waals surface area contributed by atoms with Gasteiger partial charge in [-0.3, -0.25) is 0 Å². The molecule has 0 bridgehead atoms. The highest BCUT2D eigenvalue weighted by Gasteiger charge is 2.06. The fourth-order valence-corrected chi connectivity index (χ4v) is 2.27. The number of rotatable bonds is 3. The molecule has 1 N–H and O–H groups in total. The van der Waals surface area contributed by atoms with E-state index in [1.165, 1.54) is 18.2 Å². The Morgan fingerprint density at radius 2 is 1.95 bits per heavy atom. The molecule has 0 atom stereocenters. The summed E-state index contributed by atoms with van der Waals surface area (Å²) >= 11 is 9.08. The average Bonchev–Trinajstić information content (AvgIpc) is 2.34. The van der Waals surface area contributed by atoms with Crippen molar-refractivity contribution >= 4 is 33.2 Å². The van der Waals surface area contributed by atoms with Gasteiger partial charge < -0.3 is 5.32 Å². The Kier molecular flexibility index (Phi) is 4.42. The second-order valence-electron chi connectivity index (χ2n) is 4.17. The molecule has 0 unspecified atom stereocenters. The maximum Gasteiger partial charge on any atom is 0.137 e. The monoisotopic (exact) mass is 345 g/mol. The number of aryl methyl sites for hydroxylation is 1. The van der Waals surface area contributed by atoms with E-state index >= 15 is 0 Å². The maximum absolute atomic E-state index is 13.3. The molecule has 0 heterocycles. The zero-order chi connectivity index (χ0) is 14.0. The lowest BCUT2D eigenvalue weighted by atomic mass is 10.1. The Morgan fingerprint density at radius 1 is 1.21 bits per heavy atom. The van der Waals surface area contributed by atoms with Crippen LogP contribution in [-0.4, -0.2) is 0 Å². The largest absolute Gasteiger partial charge is 0.381 e. The number of nitrogens with one attached hydrogen (secondary N) is 1. The van der Waals surface area contributed by atoms with Gasteiger partial charge in [0.1, 0.15) is 11.6 Å². The van der Waals surface area contributed by atoms with E-state index in [0.717, 1.165) is 16.8 Å². The molecular weight excluding hydrogens is 336 g/mol. The van der Waals surface area contributed by atoms with Gasteiger partial charge in [0.25, 0.3) is 0 Å². The molecule has 0 saturated heterocycles. The van der Waals surface area contributed by atoms with Gasteiger partial charge in [0, 0.05) is 17.3 Å². The SMILES string of the molecule is Cc1cc(F)c(Br)cc1NCc1ccc(F)cc1Cl. The number of anilines is 1. The molecule has 0 radical (unpaired) electrons. The van der Waals surface area contributed by atoms with Crippen molar-refractivity contribution in [3.05, 3.63) is 62.6 Å². The minimum atomic E-state index is -0.366. The van der Waals surface area contributed by atoms with Gasteiger partial charge in [-0.2, -0.15) is 0 Å². The lowest BCUT2D eigenvalue weighted by molar-refractivity contribution is 0.620. The van der Waals surface area contributed by atoms with Gasteiger partial charge in [-0.25, -0.2) is 8.78 Å². The molecule has 19 heavy (non-hydrogen) atoms. The van der Waals surface area contributed by atoms with Gasteiger partial charge in [0.05, 0.1) is 4.47 Å². The normalized spacial score (nSPS) is 10.6. The van der Waals surface area contributed by atoms with Crippen molar-refractivity contribution < 1.29 is 8.78 Å². The summed E-state index contributed by atoms with van der Waals surface area (Å²) in [5.41, 5.74) is 2.37. The van der Waals surface area contributed by atoms with E-state index in [1.807, 2.05) is 6.92 Å². The third-order valence-electron chi connectivity index (χ3n) is 2.75. The molecule has 0 aliphatic rings. The van der Waals surface area contributed by atoms with E-state index in [9.17, 15) is 8.78 Å². The summed E-state index contributed by atoms with van der Waals surface area (Å²) in [6, 6.07) is 7.36. The highest BCUT2D eigenvalue weighted by atomic mass is 79.9. The second kappa shape index (κ2) is 5.88. The first-order chi connectivity index (χ1) is 8.97. The van der Waals surface area contributed by atoms with Crippen LogP contribution >= 0.6 is 27.5 Å². The van der Waals surface area contributed by atoms with Gasteiger partial charge in [-0.1, -0.05) is 17.7 Å². The molecular formula is C14H11BrClF2N. The van der Waals surface area contributed by atoms with E-state index in [1.54, 1.807) is 12.1 Å². The van der Waals surface area contributed by atoms with Crippen molar-refractivity contribution in [3.8, 4) is 0 Å². The number of hydrogen-bond donors (Lipinski definition) is 1. The zero-order valence-corrected chi connectivity index (χ0v) is 12.4. The third kappa shape index (κ3) is 3.45. The lowest BCUT2D eigenvalue weighted by Crippen LogP contribution is -2.02. The molecule has 2 aromatic rings. The predicted octanol–water partition coefficient (Wildman–Crippen LogP) is 5.30. The van der Waals surface area contributed by atoms with E-state index < -0.39 is 0 Å².